The van der Waals surface area contributed by atoms with Crippen LogP contribution in [-0.2, 0) is 4.79 Å². The van der Waals surface area contributed by atoms with Gasteiger partial charge in [0.1, 0.15) is 0 Å². The average Bonchev–Trinajstić information content (AvgIpc) is 1.88. The molecule has 0 saturated carbocycles. The van der Waals surface area contributed by atoms with Gasteiger partial charge in [0, 0.05) is 6.54 Å². The van der Waals surface area contributed by atoms with Crippen molar-refractivity contribution in [2.45, 2.75) is 12.8 Å². The van der Waals surface area contributed by atoms with Crippen LogP contribution >= 0.6 is 0 Å². The number of carboxylic acids is 1. The summed E-state index contributed by atoms with van der Waals surface area (Å²) < 4.78 is 0. The van der Waals surface area contributed by atoms with Crippen LogP contribution < -0.4 is 0 Å². The van der Waals surface area contributed by atoms with Crippen LogP contribution in [0.1, 0.15) is 12.8 Å². The fourth-order valence-electron chi connectivity index (χ4n) is 1.37. The third kappa shape index (κ3) is 1.74. The van der Waals surface area contributed by atoms with Crippen molar-refractivity contribution >= 4 is 14.0 Å². The fourth-order valence-corrected chi connectivity index (χ4v) is 1.37. The summed E-state index contributed by atoms with van der Waals surface area (Å²) in [5.41, 5.74) is 0. The molecule has 1 saturated heterocycles. The average molecular weight is 141 g/mol. The normalized spacial score (nSPS) is 28.2. The zero-order chi connectivity index (χ0) is 7.56. The summed E-state index contributed by atoms with van der Waals surface area (Å²) in [6.07, 6.45) is 1.87. The number of aliphatic carboxylic acids is 1. The van der Waals surface area contributed by atoms with E-state index >= 15 is 0 Å². The summed E-state index contributed by atoms with van der Waals surface area (Å²) in [5.74, 6) is -0.773. The van der Waals surface area contributed by atoms with E-state index in [1.54, 1.807) is 0 Å². The Morgan fingerprint density at radius 2 is 2.40 bits per heavy atom. The predicted molar refractivity (Wildman–Crippen MR) is 40.5 cm³/mol. The van der Waals surface area contributed by atoms with Crippen molar-refractivity contribution in [2.24, 2.45) is 5.92 Å². The zero-order valence-corrected chi connectivity index (χ0v) is 6.21. The third-order valence-electron chi connectivity index (χ3n) is 1.97. The molecule has 1 aliphatic rings. The largest absolute Gasteiger partial charge is 0.481 e. The van der Waals surface area contributed by atoms with Crippen molar-refractivity contribution < 1.29 is 9.90 Å². The number of hydrogen-bond donors (Lipinski definition) is 1. The minimum atomic E-state index is -0.647. The van der Waals surface area contributed by atoms with Gasteiger partial charge in [0.05, 0.1) is 5.92 Å². The number of nitrogens with zero attached hydrogens (tertiary/aromatic N) is 1. The highest BCUT2D eigenvalue weighted by Gasteiger charge is 2.22. The van der Waals surface area contributed by atoms with Crippen molar-refractivity contribution in [2.75, 3.05) is 13.1 Å². The van der Waals surface area contributed by atoms with Crippen LogP contribution in [0.25, 0.3) is 0 Å². The van der Waals surface area contributed by atoms with E-state index in [1.165, 1.54) is 0 Å². The topological polar surface area (TPSA) is 40.5 Å². The van der Waals surface area contributed by atoms with Gasteiger partial charge in [0.2, 0.25) is 0 Å². The Morgan fingerprint density at radius 1 is 1.70 bits per heavy atom. The van der Waals surface area contributed by atoms with Gasteiger partial charge in [0.25, 0.3) is 0 Å². The first kappa shape index (κ1) is 7.60. The summed E-state index contributed by atoms with van der Waals surface area (Å²) in [6, 6.07) is 0. The fraction of sp³-hybridized carbons (Fsp3) is 0.833. The number of piperidine rings is 1. The minimum Gasteiger partial charge on any atom is -0.481 e. The molecule has 1 heterocycles. The molecular weight excluding hydrogens is 129 g/mol. The van der Waals surface area contributed by atoms with E-state index in [-0.39, 0.29) is 5.92 Å². The quantitative estimate of drug-likeness (QED) is 0.492. The lowest BCUT2D eigenvalue weighted by molar-refractivity contribution is -0.142. The first-order chi connectivity index (χ1) is 4.70. The van der Waals surface area contributed by atoms with Gasteiger partial charge in [-0.05, 0) is 19.4 Å². The first-order valence-corrected chi connectivity index (χ1v) is 3.61. The lowest BCUT2D eigenvalue weighted by Gasteiger charge is -2.27. The van der Waals surface area contributed by atoms with Gasteiger partial charge < -0.3 is 9.92 Å². The maximum Gasteiger partial charge on any atom is 0.307 e. The van der Waals surface area contributed by atoms with Gasteiger partial charge in [-0.25, -0.2) is 0 Å². The van der Waals surface area contributed by atoms with E-state index in [2.05, 4.69) is 4.81 Å². The third-order valence-corrected chi connectivity index (χ3v) is 1.97. The first-order valence-electron chi connectivity index (χ1n) is 3.61. The smallest absolute Gasteiger partial charge is 0.307 e. The van der Waals surface area contributed by atoms with Gasteiger partial charge in [-0.1, -0.05) is 0 Å². The Kier molecular flexibility index (Phi) is 2.32. The number of carbonyl (C=O) groups is 1. The minimum absolute atomic E-state index is 0.126. The Balaban J connectivity index is 2.39. The molecule has 0 aromatic heterocycles. The van der Waals surface area contributed by atoms with Gasteiger partial charge in [-0.3, -0.25) is 4.79 Å². The van der Waals surface area contributed by atoms with Crippen molar-refractivity contribution in [3.8, 4) is 0 Å². The SMILES string of the molecule is BN1CCCC(C(=O)O)C1. The van der Waals surface area contributed by atoms with Crippen LogP contribution in [0, 0.1) is 5.92 Å². The van der Waals surface area contributed by atoms with Crippen LogP contribution in [0.3, 0.4) is 0 Å². The molecular formula is C6H12BNO2. The molecule has 1 fully saturated rings. The second-order valence-electron chi connectivity index (χ2n) is 2.94. The highest BCUT2D eigenvalue weighted by molar-refractivity contribution is 6.04. The van der Waals surface area contributed by atoms with E-state index in [0.717, 1.165) is 25.9 Å². The van der Waals surface area contributed by atoms with E-state index < -0.39 is 5.97 Å². The van der Waals surface area contributed by atoms with Crippen LogP contribution in [0.15, 0.2) is 0 Å². The molecule has 1 unspecified atom stereocenters. The van der Waals surface area contributed by atoms with E-state index in [9.17, 15) is 4.79 Å². The van der Waals surface area contributed by atoms with Crippen molar-refractivity contribution in [3.63, 3.8) is 0 Å². The second-order valence-corrected chi connectivity index (χ2v) is 2.94. The van der Waals surface area contributed by atoms with Crippen molar-refractivity contribution in [1.82, 2.24) is 4.81 Å². The molecule has 3 nitrogen and oxygen atoms in total. The lowest BCUT2D eigenvalue weighted by atomic mass is 9.96. The number of hydrogen-bond acceptors (Lipinski definition) is 2. The Hall–Kier alpha value is -0.505. The number of rotatable bonds is 1. The predicted octanol–water partition coefficient (Wildman–Crippen LogP) is -0.669. The maximum absolute atomic E-state index is 10.5. The Labute approximate surface area is 61.4 Å². The molecule has 0 aliphatic carbocycles. The molecule has 0 spiro atoms. The van der Waals surface area contributed by atoms with Gasteiger partial charge in [-0.2, -0.15) is 0 Å². The van der Waals surface area contributed by atoms with Crippen LogP contribution in [0.4, 0.5) is 0 Å². The Bertz CT molecular complexity index is 140. The maximum atomic E-state index is 10.5. The summed E-state index contributed by atoms with van der Waals surface area (Å²) in [5, 5.41) is 8.63. The lowest BCUT2D eigenvalue weighted by Crippen LogP contribution is -2.36. The van der Waals surface area contributed by atoms with Crippen LogP contribution in [-0.4, -0.2) is 37.0 Å². The molecule has 0 radical (unpaired) electrons. The van der Waals surface area contributed by atoms with E-state index in [1.807, 2.05) is 7.98 Å². The summed E-state index contributed by atoms with van der Waals surface area (Å²) >= 11 is 0. The summed E-state index contributed by atoms with van der Waals surface area (Å²) in [4.78, 5) is 12.5. The highest BCUT2D eigenvalue weighted by Crippen LogP contribution is 2.13. The molecule has 56 valence electrons. The standard InChI is InChI=1S/C6H12BNO2/c7-8-3-1-2-5(4-8)6(9)10/h5H,1-4,7H2,(H,9,10). The van der Waals surface area contributed by atoms with E-state index in [0.29, 0.717) is 0 Å². The Morgan fingerprint density at radius 3 is 2.80 bits per heavy atom. The van der Waals surface area contributed by atoms with Crippen molar-refractivity contribution in [1.29, 1.82) is 0 Å². The molecule has 1 N–H and O–H groups in total. The molecule has 4 heteroatoms. The highest BCUT2D eigenvalue weighted by atomic mass is 16.4. The van der Waals surface area contributed by atoms with Crippen LogP contribution in [0.5, 0.6) is 0 Å². The van der Waals surface area contributed by atoms with Gasteiger partial charge in [-0.15, -0.1) is 0 Å². The molecule has 1 atom stereocenters. The molecule has 0 bridgehead atoms. The number of carboxylic acid groups (broad SMARTS) is 1. The van der Waals surface area contributed by atoms with Gasteiger partial charge in [0.15, 0.2) is 7.98 Å². The molecule has 0 amide bonds. The van der Waals surface area contributed by atoms with E-state index in [4.69, 9.17) is 5.11 Å². The monoisotopic (exact) mass is 141 g/mol. The molecule has 1 aliphatic heterocycles. The zero-order valence-electron chi connectivity index (χ0n) is 6.21. The summed E-state index contributed by atoms with van der Waals surface area (Å²) in [6.45, 7) is 1.76. The van der Waals surface area contributed by atoms with Gasteiger partial charge >= 0.3 is 5.97 Å². The van der Waals surface area contributed by atoms with Crippen LogP contribution in [0.2, 0.25) is 0 Å². The second kappa shape index (κ2) is 3.06. The molecule has 0 aromatic rings. The molecule has 1 rings (SSSR count). The molecule has 10 heavy (non-hydrogen) atoms. The summed E-state index contributed by atoms with van der Waals surface area (Å²) in [7, 11) is 1.97. The van der Waals surface area contributed by atoms with Crippen molar-refractivity contribution in [3.05, 3.63) is 0 Å². The molecule has 0 aromatic carbocycles.